The van der Waals surface area contributed by atoms with Gasteiger partial charge in [0.15, 0.2) is 0 Å². The van der Waals surface area contributed by atoms with Crippen molar-refractivity contribution in [3.8, 4) is 0 Å². The van der Waals surface area contributed by atoms with Gasteiger partial charge in [0.25, 0.3) is 0 Å². The predicted octanol–water partition coefficient (Wildman–Crippen LogP) is 6.46. The first-order chi connectivity index (χ1) is 15.7. The molecule has 0 fully saturated rings. The molecule has 0 radical (unpaired) electrons. The Balaban J connectivity index is 1.30. The van der Waals surface area contributed by atoms with Crippen LogP contribution in [0.15, 0.2) is 76.7 Å². The summed E-state index contributed by atoms with van der Waals surface area (Å²) in [4.78, 5) is 15.1. The molecule has 0 bridgehead atoms. The van der Waals surface area contributed by atoms with Gasteiger partial charge in [-0.2, -0.15) is 0 Å². The third kappa shape index (κ3) is 4.57. The van der Waals surface area contributed by atoms with E-state index in [2.05, 4.69) is 80.6 Å². The van der Waals surface area contributed by atoms with Crippen molar-refractivity contribution in [2.75, 3.05) is 0 Å². The van der Waals surface area contributed by atoms with Gasteiger partial charge >= 0.3 is 0 Å². The number of hydrogen-bond donors (Lipinski definition) is 0. The average Bonchev–Trinajstić information content (AvgIpc) is 2.84. The number of benzene rings is 2. The van der Waals surface area contributed by atoms with Crippen LogP contribution in [0.25, 0.3) is 0 Å². The molecule has 2 aliphatic carbocycles. The maximum atomic E-state index is 5.06. The molecule has 0 aliphatic heterocycles. The summed E-state index contributed by atoms with van der Waals surface area (Å²) in [6, 6.07) is 23.9. The number of aryl methyl sites for hydroxylation is 2. The van der Waals surface area contributed by atoms with Gasteiger partial charge in [0, 0.05) is 24.3 Å². The van der Waals surface area contributed by atoms with E-state index in [0.717, 1.165) is 49.9 Å². The van der Waals surface area contributed by atoms with Crippen LogP contribution < -0.4 is 0 Å². The lowest BCUT2D eigenvalue weighted by molar-refractivity contribution is 0.720. The third-order valence-electron chi connectivity index (χ3n) is 6.79. The van der Waals surface area contributed by atoms with Crippen LogP contribution in [0.5, 0.6) is 0 Å². The van der Waals surface area contributed by atoms with E-state index in [1.807, 2.05) is 0 Å². The first-order valence-corrected chi connectivity index (χ1v) is 11.9. The second-order valence-corrected chi connectivity index (χ2v) is 9.12. The summed E-state index contributed by atoms with van der Waals surface area (Å²) in [7, 11) is 0. The van der Waals surface area contributed by atoms with Crippen LogP contribution in [0.4, 0.5) is 0 Å². The fraction of sp³-hybridized carbons (Fsp3) is 0.345. The summed E-state index contributed by atoms with van der Waals surface area (Å²) in [5, 5.41) is 0. The van der Waals surface area contributed by atoms with Crippen molar-refractivity contribution in [1.82, 2.24) is 4.98 Å². The highest BCUT2D eigenvalue weighted by molar-refractivity contribution is 5.89. The quantitative estimate of drug-likeness (QED) is 0.476. The molecule has 2 unspecified atom stereocenters. The normalized spacial score (nSPS) is 19.9. The van der Waals surface area contributed by atoms with E-state index in [0.29, 0.717) is 0 Å². The molecule has 1 heterocycles. The monoisotopic (exact) mass is 421 g/mol. The minimum Gasteiger partial charge on any atom is -0.284 e. The minimum absolute atomic E-state index is 0.0663. The highest BCUT2D eigenvalue weighted by Gasteiger charge is 2.18. The Morgan fingerprint density at radius 1 is 0.562 bits per heavy atom. The van der Waals surface area contributed by atoms with E-state index in [-0.39, 0.29) is 12.1 Å². The highest BCUT2D eigenvalue weighted by atomic mass is 14.9. The Bertz CT molecular complexity index is 1090. The lowest BCUT2D eigenvalue weighted by Gasteiger charge is -2.20. The lowest BCUT2D eigenvalue weighted by atomic mass is 9.90. The first-order valence-electron chi connectivity index (χ1n) is 11.9. The molecule has 0 saturated carbocycles. The van der Waals surface area contributed by atoms with Crippen LogP contribution in [0.1, 0.15) is 72.4 Å². The Kier molecular flexibility index (Phi) is 5.98. The van der Waals surface area contributed by atoms with Crippen LogP contribution in [0.3, 0.4) is 0 Å². The standard InChI is InChI=1S/C29H31N3/c1-20(30-26-16-14-22-8-3-5-10-24(22)18-26)28-12-7-13-29(32-28)21(2)31-27-17-15-23-9-4-6-11-25(23)19-27/h3-13,20-21H,14-19H2,1-2H3. The molecule has 2 aliphatic rings. The number of aromatic nitrogens is 1. The van der Waals surface area contributed by atoms with Gasteiger partial charge in [0.05, 0.1) is 23.5 Å². The van der Waals surface area contributed by atoms with Gasteiger partial charge in [-0.3, -0.25) is 15.0 Å². The number of pyridine rings is 1. The smallest absolute Gasteiger partial charge is 0.0891 e. The second kappa shape index (κ2) is 9.20. The van der Waals surface area contributed by atoms with Crippen LogP contribution in [-0.4, -0.2) is 16.4 Å². The van der Waals surface area contributed by atoms with E-state index in [1.165, 1.54) is 33.7 Å². The van der Waals surface area contributed by atoms with E-state index in [9.17, 15) is 0 Å². The van der Waals surface area contributed by atoms with Crippen molar-refractivity contribution in [1.29, 1.82) is 0 Å². The topological polar surface area (TPSA) is 37.6 Å². The Morgan fingerprint density at radius 2 is 1.00 bits per heavy atom. The molecule has 0 amide bonds. The molecule has 2 aromatic carbocycles. The largest absolute Gasteiger partial charge is 0.284 e. The van der Waals surface area contributed by atoms with Gasteiger partial charge in [-0.15, -0.1) is 0 Å². The van der Waals surface area contributed by atoms with Crippen molar-refractivity contribution >= 4 is 11.4 Å². The van der Waals surface area contributed by atoms with Gasteiger partial charge in [-0.1, -0.05) is 54.6 Å². The molecule has 5 rings (SSSR count). The Labute approximate surface area is 191 Å². The fourth-order valence-electron chi connectivity index (χ4n) is 4.96. The van der Waals surface area contributed by atoms with Crippen molar-refractivity contribution < 1.29 is 0 Å². The number of rotatable bonds is 4. The molecule has 0 spiro atoms. The molecule has 0 saturated heterocycles. The molecule has 1 aromatic heterocycles. The predicted molar refractivity (Wildman–Crippen MR) is 133 cm³/mol. The van der Waals surface area contributed by atoms with Crippen LogP contribution in [0.2, 0.25) is 0 Å². The van der Waals surface area contributed by atoms with Crippen molar-refractivity contribution in [3.05, 3.63) is 100 Å². The number of fused-ring (bicyclic) bond motifs is 2. The van der Waals surface area contributed by atoms with Crippen LogP contribution in [0, 0.1) is 0 Å². The second-order valence-electron chi connectivity index (χ2n) is 9.12. The fourth-order valence-corrected chi connectivity index (χ4v) is 4.96. The van der Waals surface area contributed by atoms with Crippen LogP contribution in [-0.2, 0) is 25.7 Å². The third-order valence-corrected chi connectivity index (χ3v) is 6.79. The number of aliphatic imine (C=N–C) groups is 2. The summed E-state index contributed by atoms with van der Waals surface area (Å²) < 4.78 is 0. The van der Waals surface area contributed by atoms with Crippen molar-refractivity contribution in [2.24, 2.45) is 9.98 Å². The molecule has 3 aromatic rings. The van der Waals surface area contributed by atoms with Gasteiger partial charge in [0.1, 0.15) is 0 Å². The van der Waals surface area contributed by atoms with Gasteiger partial charge < -0.3 is 0 Å². The van der Waals surface area contributed by atoms with E-state index >= 15 is 0 Å². The van der Waals surface area contributed by atoms with Gasteiger partial charge in [-0.05, 0) is 73.9 Å². The summed E-state index contributed by atoms with van der Waals surface area (Å²) in [5.74, 6) is 0. The molecular weight excluding hydrogens is 390 g/mol. The van der Waals surface area contributed by atoms with E-state index < -0.39 is 0 Å². The molecule has 3 nitrogen and oxygen atoms in total. The summed E-state index contributed by atoms with van der Waals surface area (Å²) in [5.41, 5.74) is 10.4. The van der Waals surface area contributed by atoms with Crippen molar-refractivity contribution in [3.63, 3.8) is 0 Å². The molecular formula is C29H31N3. The minimum atomic E-state index is 0.0663. The maximum Gasteiger partial charge on any atom is 0.0891 e. The maximum absolute atomic E-state index is 5.06. The lowest BCUT2D eigenvalue weighted by Crippen LogP contribution is -2.15. The Hall–Kier alpha value is -3.07. The summed E-state index contributed by atoms with van der Waals surface area (Å²) >= 11 is 0. The molecule has 162 valence electrons. The molecule has 2 atom stereocenters. The van der Waals surface area contributed by atoms with E-state index in [1.54, 1.807) is 0 Å². The zero-order valence-corrected chi connectivity index (χ0v) is 19.1. The first kappa shape index (κ1) is 20.8. The molecule has 0 N–H and O–H groups in total. The average molecular weight is 422 g/mol. The highest BCUT2D eigenvalue weighted by Crippen LogP contribution is 2.25. The van der Waals surface area contributed by atoms with Gasteiger partial charge in [0.2, 0.25) is 0 Å². The van der Waals surface area contributed by atoms with Crippen LogP contribution >= 0.6 is 0 Å². The summed E-state index contributed by atoms with van der Waals surface area (Å²) in [6.07, 6.45) is 6.20. The van der Waals surface area contributed by atoms with E-state index in [4.69, 9.17) is 15.0 Å². The zero-order valence-electron chi connectivity index (χ0n) is 19.1. The number of hydrogen-bond acceptors (Lipinski definition) is 3. The summed E-state index contributed by atoms with van der Waals surface area (Å²) in [6.45, 7) is 4.32. The Morgan fingerprint density at radius 3 is 1.47 bits per heavy atom. The van der Waals surface area contributed by atoms with Crippen molar-refractivity contribution in [2.45, 2.75) is 64.5 Å². The molecule has 32 heavy (non-hydrogen) atoms. The number of nitrogens with zero attached hydrogens (tertiary/aromatic N) is 3. The molecule has 3 heteroatoms. The van der Waals surface area contributed by atoms with Gasteiger partial charge in [-0.25, -0.2) is 0 Å². The SMILES string of the molecule is CC(N=C1CCc2ccccc2C1)c1cccc(C(C)N=C2CCc3ccccc3C2)n1. The zero-order chi connectivity index (χ0) is 21.9.